The van der Waals surface area contributed by atoms with Crippen LogP contribution in [0.3, 0.4) is 0 Å². The molecule has 0 spiro atoms. The standard InChI is InChI=1S/C16H17NO5S/c1-22-16(21)10-6-7-23-14(10)17-13(18)11-8-2-4-9(5-3-8)12(11)15(19)20/h2,4,6-9,11-12H,3,5H2,1H3,(H,17,18)(H,19,20)/t8-,9-,11+,12-/m0/s1. The number of nitrogens with one attached hydrogen (secondary N) is 1. The zero-order chi connectivity index (χ0) is 16.6. The fourth-order valence-electron chi connectivity index (χ4n) is 3.56. The van der Waals surface area contributed by atoms with Crippen molar-refractivity contribution in [1.29, 1.82) is 0 Å². The fraction of sp³-hybridized carbons (Fsp3) is 0.438. The Morgan fingerprint density at radius 2 is 1.87 bits per heavy atom. The molecule has 122 valence electrons. The number of carbonyl (C=O) groups is 3. The van der Waals surface area contributed by atoms with Gasteiger partial charge in [-0.2, -0.15) is 0 Å². The van der Waals surface area contributed by atoms with Crippen LogP contribution in [0.4, 0.5) is 5.00 Å². The quantitative estimate of drug-likeness (QED) is 0.651. The maximum absolute atomic E-state index is 12.7. The van der Waals surface area contributed by atoms with E-state index >= 15 is 0 Å². The second-order valence-corrected chi connectivity index (χ2v) is 6.74. The number of ether oxygens (including phenoxy) is 1. The van der Waals surface area contributed by atoms with Gasteiger partial charge in [0.25, 0.3) is 0 Å². The average molecular weight is 335 g/mol. The molecule has 4 rings (SSSR count). The van der Waals surface area contributed by atoms with Gasteiger partial charge in [-0.3, -0.25) is 9.59 Å². The molecule has 2 N–H and O–H groups in total. The van der Waals surface area contributed by atoms with E-state index in [1.165, 1.54) is 18.4 Å². The predicted octanol–water partition coefficient (Wildman–Crippen LogP) is 2.39. The molecule has 1 aromatic heterocycles. The summed E-state index contributed by atoms with van der Waals surface area (Å²) in [4.78, 5) is 36.0. The van der Waals surface area contributed by atoms with E-state index in [0.717, 1.165) is 12.8 Å². The van der Waals surface area contributed by atoms with E-state index in [2.05, 4.69) is 10.1 Å². The maximum atomic E-state index is 12.7. The Bertz CT molecular complexity index is 680. The molecule has 1 saturated carbocycles. The molecule has 1 amide bonds. The molecule has 7 heteroatoms. The van der Waals surface area contributed by atoms with Crippen LogP contribution in [0.1, 0.15) is 23.2 Å². The summed E-state index contributed by atoms with van der Waals surface area (Å²) >= 11 is 1.22. The highest BCUT2D eigenvalue weighted by atomic mass is 32.1. The van der Waals surface area contributed by atoms with Crippen LogP contribution < -0.4 is 5.32 Å². The van der Waals surface area contributed by atoms with Crippen molar-refractivity contribution in [3.05, 3.63) is 29.2 Å². The minimum absolute atomic E-state index is 0.0670. The van der Waals surface area contributed by atoms with Crippen molar-refractivity contribution in [3.8, 4) is 0 Å². The van der Waals surface area contributed by atoms with Crippen molar-refractivity contribution < 1.29 is 24.2 Å². The fourth-order valence-corrected chi connectivity index (χ4v) is 4.34. The SMILES string of the molecule is COC(=O)c1ccsc1NC(=O)[C@H]1[C@@H](C(=O)O)[C@H]2C=C[C@H]1CC2. The molecular weight excluding hydrogens is 318 g/mol. The number of esters is 1. The number of carboxylic acids is 1. The highest BCUT2D eigenvalue weighted by Crippen LogP contribution is 2.45. The van der Waals surface area contributed by atoms with Crippen LogP contribution >= 0.6 is 11.3 Å². The maximum Gasteiger partial charge on any atom is 0.340 e. The Labute approximate surface area is 137 Å². The van der Waals surface area contributed by atoms with Crippen LogP contribution in [-0.4, -0.2) is 30.1 Å². The molecule has 0 aromatic carbocycles. The molecule has 3 aliphatic rings. The molecule has 23 heavy (non-hydrogen) atoms. The smallest absolute Gasteiger partial charge is 0.340 e. The third-order valence-electron chi connectivity index (χ3n) is 4.64. The van der Waals surface area contributed by atoms with Gasteiger partial charge < -0.3 is 15.2 Å². The summed E-state index contributed by atoms with van der Waals surface area (Å²) in [7, 11) is 1.27. The predicted molar refractivity (Wildman–Crippen MR) is 84.3 cm³/mol. The van der Waals surface area contributed by atoms with Crippen molar-refractivity contribution in [3.63, 3.8) is 0 Å². The average Bonchev–Trinajstić information content (AvgIpc) is 3.02. The Kier molecular flexibility index (Phi) is 4.21. The summed E-state index contributed by atoms with van der Waals surface area (Å²) in [5.41, 5.74) is 0.286. The van der Waals surface area contributed by atoms with E-state index in [9.17, 15) is 19.5 Å². The van der Waals surface area contributed by atoms with Crippen LogP contribution in [0, 0.1) is 23.7 Å². The molecule has 0 saturated heterocycles. The summed E-state index contributed by atoms with van der Waals surface area (Å²) in [6.07, 6.45) is 5.49. The van der Waals surface area contributed by atoms with Gasteiger partial charge in [0.1, 0.15) is 5.00 Å². The number of allylic oxidation sites excluding steroid dienone is 2. The van der Waals surface area contributed by atoms with Crippen LogP contribution in [0.2, 0.25) is 0 Å². The third kappa shape index (κ3) is 2.76. The van der Waals surface area contributed by atoms with Crippen molar-refractivity contribution in [2.24, 2.45) is 23.7 Å². The topological polar surface area (TPSA) is 92.7 Å². The van der Waals surface area contributed by atoms with E-state index in [4.69, 9.17) is 0 Å². The second kappa shape index (κ2) is 6.16. The molecule has 1 heterocycles. The molecule has 1 aromatic rings. The Morgan fingerprint density at radius 3 is 2.43 bits per heavy atom. The van der Waals surface area contributed by atoms with Crippen molar-refractivity contribution >= 4 is 34.2 Å². The van der Waals surface area contributed by atoms with Gasteiger partial charge in [0.15, 0.2) is 0 Å². The van der Waals surface area contributed by atoms with E-state index < -0.39 is 23.8 Å². The van der Waals surface area contributed by atoms with E-state index in [1.807, 2.05) is 12.2 Å². The highest BCUT2D eigenvalue weighted by Gasteiger charge is 2.48. The number of amides is 1. The van der Waals surface area contributed by atoms with E-state index in [1.54, 1.807) is 11.4 Å². The minimum atomic E-state index is -0.941. The summed E-state index contributed by atoms with van der Waals surface area (Å²) < 4.78 is 4.68. The number of hydrogen-bond donors (Lipinski definition) is 2. The minimum Gasteiger partial charge on any atom is -0.481 e. The number of anilines is 1. The number of thiophene rings is 1. The van der Waals surface area contributed by atoms with Gasteiger partial charge in [-0.05, 0) is 36.1 Å². The number of carbonyl (C=O) groups excluding carboxylic acids is 2. The van der Waals surface area contributed by atoms with Gasteiger partial charge in [0.05, 0.1) is 24.5 Å². The lowest BCUT2D eigenvalue weighted by molar-refractivity contribution is -0.151. The number of hydrogen-bond acceptors (Lipinski definition) is 5. The zero-order valence-electron chi connectivity index (χ0n) is 12.5. The van der Waals surface area contributed by atoms with Gasteiger partial charge in [-0.1, -0.05) is 12.2 Å². The van der Waals surface area contributed by atoms with Gasteiger partial charge in [-0.15, -0.1) is 11.3 Å². The molecule has 0 unspecified atom stereocenters. The molecule has 0 aliphatic heterocycles. The molecule has 6 nitrogen and oxygen atoms in total. The van der Waals surface area contributed by atoms with E-state index in [0.29, 0.717) is 5.00 Å². The first-order chi connectivity index (χ1) is 11.0. The monoisotopic (exact) mass is 335 g/mol. The lowest BCUT2D eigenvalue weighted by Gasteiger charge is -2.41. The van der Waals surface area contributed by atoms with Gasteiger partial charge in [0.2, 0.25) is 5.91 Å². The summed E-state index contributed by atoms with van der Waals surface area (Å²) in [5.74, 6) is -3.29. The summed E-state index contributed by atoms with van der Waals surface area (Å²) in [6, 6.07) is 1.58. The van der Waals surface area contributed by atoms with Gasteiger partial charge in [0, 0.05) is 0 Å². The summed E-state index contributed by atoms with van der Waals surface area (Å²) in [5, 5.41) is 14.3. The first kappa shape index (κ1) is 15.7. The van der Waals surface area contributed by atoms with Crippen LogP contribution in [0.15, 0.2) is 23.6 Å². The number of aliphatic carboxylic acids is 1. The largest absolute Gasteiger partial charge is 0.481 e. The van der Waals surface area contributed by atoms with Crippen LogP contribution in [0.5, 0.6) is 0 Å². The lowest BCUT2D eigenvalue weighted by Crippen LogP contribution is -2.47. The molecule has 2 bridgehead atoms. The zero-order valence-corrected chi connectivity index (χ0v) is 13.3. The summed E-state index contributed by atoms with van der Waals surface area (Å²) in [6.45, 7) is 0. The van der Waals surface area contributed by atoms with E-state index in [-0.39, 0.29) is 23.3 Å². The molecule has 1 fully saturated rings. The number of fused-ring (bicyclic) bond motifs is 2. The third-order valence-corrected chi connectivity index (χ3v) is 5.47. The molecule has 3 aliphatic carbocycles. The lowest BCUT2D eigenvalue weighted by atomic mass is 9.62. The number of methoxy groups -OCH3 is 1. The Balaban J connectivity index is 1.83. The number of rotatable bonds is 4. The number of carboxylic acid groups (broad SMARTS) is 1. The highest BCUT2D eigenvalue weighted by molar-refractivity contribution is 7.14. The van der Waals surface area contributed by atoms with Crippen molar-refractivity contribution in [2.75, 3.05) is 12.4 Å². The first-order valence-electron chi connectivity index (χ1n) is 7.40. The van der Waals surface area contributed by atoms with Gasteiger partial charge in [-0.25, -0.2) is 4.79 Å². The van der Waals surface area contributed by atoms with Crippen molar-refractivity contribution in [2.45, 2.75) is 12.8 Å². The van der Waals surface area contributed by atoms with Crippen LogP contribution in [-0.2, 0) is 14.3 Å². The molecule has 0 radical (unpaired) electrons. The normalized spacial score (nSPS) is 28.4. The Morgan fingerprint density at radius 1 is 1.22 bits per heavy atom. The Hall–Kier alpha value is -2.15. The van der Waals surface area contributed by atoms with Crippen molar-refractivity contribution in [1.82, 2.24) is 0 Å². The molecular formula is C16H17NO5S. The second-order valence-electron chi connectivity index (χ2n) is 5.82. The van der Waals surface area contributed by atoms with Crippen LogP contribution in [0.25, 0.3) is 0 Å². The van der Waals surface area contributed by atoms with Gasteiger partial charge >= 0.3 is 11.9 Å². The molecule has 4 atom stereocenters. The first-order valence-corrected chi connectivity index (χ1v) is 8.28.